The van der Waals surface area contributed by atoms with E-state index in [0.29, 0.717) is 28.3 Å². The van der Waals surface area contributed by atoms with Crippen LogP contribution in [0.15, 0.2) is 97.1 Å². The van der Waals surface area contributed by atoms with Crippen molar-refractivity contribution in [3.63, 3.8) is 0 Å². The number of nitrogens with zero attached hydrogens (tertiary/aromatic N) is 3. The molecule has 4 aromatic rings. The van der Waals surface area contributed by atoms with Crippen molar-refractivity contribution in [1.29, 1.82) is 0 Å². The van der Waals surface area contributed by atoms with Crippen LogP contribution in [-0.4, -0.2) is 39.7 Å². The van der Waals surface area contributed by atoms with Crippen molar-refractivity contribution in [3.8, 4) is 11.5 Å². The number of benzene rings is 4. The largest absolute Gasteiger partial charge is 0.489 e. The van der Waals surface area contributed by atoms with Gasteiger partial charge in [0.05, 0.1) is 18.0 Å². The number of fused-ring (bicyclic) bond motifs is 1. The van der Waals surface area contributed by atoms with Gasteiger partial charge in [0, 0.05) is 35.4 Å². The lowest BCUT2D eigenvalue weighted by Crippen LogP contribution is -2.52. The lowest BCUT2D eigenvalue weighted by atomic mass is 10.0. The minimum Gasteiger partial charge on any atom is -0.489 e. The van der Waals surface area contributed by atoms with Crippen LogP contribution in [0.4, 0.5) is 16.2 Å². The minimum atomic E-state index is -0.714. The van der Waals surface area contributed by atoms with E-state index in [1.54, 1.807) is 48.5 Å². The summed E-state index contributed by atoms with van der Waals surface area (Å²) in [7, 11) is 0. The minimum absolute atomic E-state index is 0.0958. The number of carbonyl (C=O) groups excluding carboxylic acids is 4. The Morgan fingerprint density at radius 2 is 1.63 bits per heavy atom. The number of nitro groups is 1. The molecule has 0 aromatic heterocycles. The standard InChI is InChI=1S/C34H28N4O8/c39-31-18-17-29(32(40)35-31)37-20-28-27(33(37)41)7-4-8-30(28)45-21-23-11-9-22(10-12-23)19-36(24-13-15-25(16-14-24)38(43)44)34(42)46-26-5-2-1-3-6-26/h1-16,29H,17-21H2,(H,35,39,40)/t29-/m0/s1. The van der Waals surface area contributed by atoms with Crippen LogP contribution in [-0.2, 0) is 29.3 Å². The van der Waals surface area contributed by atoms with E-state index in [9.17, 15) is 29.3 Å². The molecule has 232 valence electrons. The van der Waals surface area contributed by atoms with Gasteiger partial charge >= 0.3 is 6.09 Å². The fourth-order valence-corrected chi connectivity index (χ4v) is 5.44. The third-order valence-corrected chi connectivity index (χ3v) is 7.84. The SMILES string of the molecule is O=C1CC[C@H](N2Cc3c(OCc4ccc(CN(C(=O)Oc5ccccc5)c5ccc([N+](=O)[O-])cc5)cc4)cccc3C2=O)C(=O)N1. The maximum Gasteiger partial charge on any atom is 0.420 e. The predicted molar refractivity (Wildman–Crippen MR) is 165 cm³/mol. The first-order valence-electron chi connectivity index (χ1n) is 14.5. The van der Waals surface area contributed by atoms with Crippen LogP contribution in [0.5, 0.6) is 11.5 Å². The Bertz CT molecular complexity index is 1810. The summed E-state index contributed by atoms with van der Waals surface area (Å²) in [6, 6.07) is 26.1. The highest BCUT2D eigenvalue weighted by molar-refractivity contribution is 6.05. The molecule has 12 heteroatoms. The number of nitro benzene ring substituents is 1. The summed E-state index contributed by atoms with van der Waals surface area (Å²) in [6.07, 6.45) is -0.194. The van der Waals surface area contributed by atoms with E-state index in [0.717, 1.165) is 11.1 Å². The fourth-order valence-electron chi connectivity index (χ4n) is 5.44. The highest BCUT2D eigenvalue weighted by atomic mass is 16.6. The second-order valence-corrected chi connectivity index (χ2v) is 10.8. The van der Waals surface area contributed by atoms with Crippen LogP contribution in [0, 0.1) is 10.1 Å². The van der Waals surface area contributed by atoms with Crippen LogP contribution in [0.3, 0.4) is 0 Å². The van der Waals surface area contributed by atoms with Crippen molar-refractivity contribution in [3.05, 3.63) is 129 Å². The number of carbonyl (C=O) groups is 4. The first-order chi connectivity index (χ1) is 22.3. The second-order valence-electron chi connectivity index (χ2n) is 10.8. The Morgan fingerprint density at radius 3 is 2.33 bits per heavy atom. The Balaban J connectivity index is 1.14. The monoisotopic (exact) mass is 620 g/mol. The number of hydrogen-bond donors (Lipinski definition) is 1. The van der Waals surface area contributed by atoms with Gasteiger partial charge in [0.1, 0.15) is 24.1 Å². The van der Waals surface area contributed by atoms with E-state index >= 15 is 0 Å². The fraction of sp³-hybridized carbons (Fsp3) is 0.176. The van der Waals surface area contributed by atoms with Gasteiger partial charge in [-0.3, -0.25) is 34.7 Å². The number of anilines is 1. The van der Waals surface area contributed by atoms with E-state index in [4.69, 9.17) is 9.47 Å². The molecule has 0 radical (unpaired) electrons. The van der Waals surface area contributed by atoms with Gasteiger partial charge in [0.2, 0.25) is 11.8 Å². The first kappa shape index (κ1) is 30.0. The van der Waals surface area contributed by atoms with Crippen molar-refractivity contribution in [1.82, 2.24) is 10.2 Å². The van der Waals surface area contributed by atoms with Gasteiger partial charge in [-0.2, -0.15) is 0 Å². The molecular formula is C34H28N4O8. The summed E-state index contributed by atoms with van der Waals surface area (Å²) in [6.45, 7) is 0.535. The topological polar surface area (TPSA) is 148 Å². The number of nitrogens with one attached hydrogen (secondary N) is 1. The van der Waals surface area contributed by atoms with Gasteiger partial charge < -0.3 is 14.4 Å². The Morgan fingerprint density at radius 1 is 0.913 bits per heavy atom. The molecule has 1 atom stereocenters. The van der Waals surface area contributed by atoms with Crippen molar-refractivity contribution < 1.29 is 33.6 Å². The average molecular weight is 621 g/mol. The zero-order valence-electron chi connectivity index (χ0n) is 24.5. The highest BCUT2D eigenvalue weighted by Gasteiger charge is 2.40. The Hall–Kier alpha value is -6.04. The van der Waals surface area contributed by atoms with Crippen molar-refractivity contribution in [2.75, 3.05) is 4.90 Å². The van der Waals surface area contributed by atoms with E-state index < -0.39 is 23.0 Å². The quantitative estimate of drug-likeness (QED) is 0.154. The van der Waals surface area contributed by atoms with Gasteiger partial charge in [-0.15, -0.1) is 0 Å². The molecular weight excluding hydrogens is 592 g/mol. The molecule has 2 aliphatic heterocycles. The molecule has 0 unspecified atom stereocenters. The van der Waals surface area contributed by atoms with Gasteiger partial charge in [0.15, 0.2) is 0 Å². The predicted octanol–water partition coefficient (Wildman–Crippen LogP) is 5.14. The molecule has 1 fully saturated rings. The van der Waals surface area contributed by atoms with E-state index in [1.807, 2.05) is 24.3 Å². The van der Waals surface area contributed by atoms with Crippen LogP contribution in [0.25, 0.3) is 0 Å². The van der Waals surface area contributed by atoms with Crippen LogP contribution < -0.4 is 19.7 Å². The normalized spacial score (nSPS) is 15.6. The maximum atomic E-state index is 13.2. The zero-order chi connectivity index (χ0) is 32.2. The summed E-state index contributed by atoms with van der Waals surface area (Å²) in [5.74, 6) is -0.200. The number of non-ortho nitro benzene ring substituents is 1. The molecule has 1 saturated heterocycles. The van der Waals surface area contributed by atoms with Gasteiger partial charge in [-0.25, -0.2) is 4.79 Å². The van der Waals surface area contributed by atoms with Gasteiger partial charge in [0.25, 0.3) is 11.6 Å². The van der Waals surface area contributed by atoms with E-state index in [1.165, 1.54) is 34.1 Å². The molecule has 4 amide bonds. The molecule has 46 heavy (non-hydrogen) atoms. The molecule has 2 aliphatic rings. The first-order valence-corrected chi connectivity index (χ1v) is 14.5. The highest BCUT2D eigenvalue weighted by Crippen LogP contribution is 2.34. The number of amides is 4. The van der Waals surface area contributed by atoms with Crippen LogP contribution in [0.1, 0.15) is 39.9 Å². The number of para-hydroxylation sites is 1. The number of ether oxygens (including phenoxy) is 2. The molecule has 0 spiro atoms. The number of piperidine rings is 1. The molecule has 12 nitrogen and oxygen atoms in total. The van der Waals surface area contributed by atoms with Crippen molar-refractivity contribution in [2.24, 2.45) is 0 Å². The zero-order valence-corrected chi connectivity index (χ0v) is 24.5. The van der Waals surface area contributed by atoms with Crippen molar-refractivity contribution in [2.45, 2.75) is 38.6 Å². The van der Waals surface area contributed by atoms with Gasteiger partial charge in [-0.05, 0) is 53.9 Å². The number of rotatable bonds is 9. The number of imide groups is 1. The molecule has 0 saturated carbocycles. The smallest absolute Gasteiger partial charge is 0.420 e. The van der Waals surface area contributed by atoms with E-state index in [-0.39, 0.29) is 50.0 Å². The molecule has 6 rings (SSSR count). The second kappa shape index (κ2) is 12.9. The third kappa shape index (κ3) is 6.41. The molecule has 2 heterocycles. The van der Waals surface area contributed by atoms with E-state index in [2.05, 4.69) is 5.32 Å². The molecule has 0 bridgehead atoms. The summed E-state index contributed by atoms with van der Waals surface area (Å²) < 4.78 is 11.7. The van der Waals surface area contributed by atoms with Crippen LogP contribution >= 0.6 is 0 Å². The maximum absolute atomic E-state index is 13.2. The number of hydrogen-bond acceptors (Lipinski definition) is 8. The lowest BCUT2D eigenvalue weighted by molar-refractivity contribution is -0.384. The average Bonchev–Trinajstić information content (AvgIpc) is 3.40. The van der Waals surface area contributed by atoms with Crippen molar-refractivity contribution >= 4 is 35.2 Å². The summed E-state index contributed by atoms with van der Waals surface area (Å²) in [5.41, 5.74) is 3.09. The lowest BCUT2D eigenvalue weighted by Gasteiger charge is -2.29. The third-order valence-electron chi connectivity index (χ3n) is 7.84. The van der Waals surface area contributed by atoms with Gasteiger partial charge in [-0.1, -0.05) is 48.5 Å². The Labute approximate surface area is 263 Å². The molecule has 4 aromatic carbocycles. The summed E-state index contributed by atoms with van der Waals surface area (Å²) >= 11 is 0. The molecule has 0 aliphatic carbocycles. The van der Waals surface area contributed by atoms with Crippen LogP contribution in [0.2, 0.25) is 0 Å². The summed E-state index contributed by atoms with van der Waals surface area (Å²) in [5, 5.41) is 13.5. The molecule has 1 N–H and O–H groups in total. The summed E-state index contributed by atoms with van der Waals surface area (Å²) in [4.78, 5) is 63.8. The Kier molecular flexibility index (Phi) is 8.42.